The van der Waals surface area contributed by atoms with Gasteiger partial charge in [-0.25, -0.2) is 0 Å². The molecule has 0 aliphatic carbocycles. The quantitative estimate of drug-likeness (QED) is 0.690. The van der Waals surface area contributed by atoms with Gasteiger partial charge >= 0.3 is 0 Å². The molecule has 0 bridgehead atoms. The molecule has 14 heavy (non-hydrogen) atoms. The topological polar surface area (TPSA) is 3.24 Å². The standard InChI is InChI=1S/C13H19N/c1-4-11(3)14-8-7-12-9-10(2)5-6-13(12)14/h5-6,9,11H,4,7-8H2,1-3H3. The van der Waals surface area contributed by atoms with Crippen molar-refractivity contribution in [2.24, 2.45) is 0 Å². The van der Waals surface area contributed by atoms with Crippen molar-refractivity contribution < 1.29 is 0 Å². The summed E-state index contributed by atoms with van der Waals surface area (Å²) in [6, 6.07) is 7.51. The predicted molar refractivity (Wildman–Crippen MR) is 62.0 cm³/mol. The summed E-state index contributed by atoms with van der Waals surface area (Å²) in [7, 11) is 0. The lowest BCUT2D eigenvalue weighted by molar-refractivity contribution is 0.635. The molecule has 0 saturated heterocycles. The average Bonchev–Trinajstić information content (AvgIpc) is 2.59. The first-order chi connectivity index (χ1) is 6.72. The lowest BCUT2D eigenvalue weighted by atomic mass is 10.1. The Bertz CT molecular complexity index is 330. The highest BCUT2D eigenvalue weighted by Gasteiger charge is 2.21. The fourth-order valence-corrected chi connectivity index (χ4v) is 2.23. The molecule has 1 aliphatic heterocycles. The molecule has 1 heterocycles. The summed E-state index contributed by atoms with van der Waals surface area (Å²) in [5.74, 6) is 0. The van der Waals surface area contributed by atoms with E-state index in [0.717, 1.165) is 0 Å². The Balaban J connectivity index is 2.31. The molecule has 0 amide bonds. The highest BCUT2D eigenvalue weighted by atomic mass is 15.2. The number of benzene rings is 1. The van der Waals surface area contributed by atoms with E-state index in [4.69, 9.17) is 0 Å². The summed E-state index contributed by atoms with van der Waals surface area (Å²) >= 11 is 0. The fraction of sp³-hybridized carbons (Fsp3) is 0.538. The Kier molecular flexibility index (Phi) is 2.49. The maximum absolute atomic E-state index is 2.54. The van der Waals surface area contributed by atoms with Crippen LogP contribution in [-0.2, 0) is 6.42 Å². The number of anilines is 1. The third-order valence-corrected chi connectivity index (χ3v) is 3.29. The van der Waals surface area contributed by atoms with Crippen molar-refractivity contribution in [2.45, 2.75) is 39.7 Å². The molecule has 76 valence electrons. The minimum Gasteiger partial charge on any atom is -0.368 e. The summed E-state index contributed by atoms with van der Waals surface area (Å²) in [5, 5.41) is 0. The number of rotatable bonds is 2. The maximum Gasteiger partial charge on any atom is 0.0402 e. The first-order valence-electron chi connectivity index (χ1n) is 5.58. The zero-order valence-corrected chi connectivity index (χ0v) is 9.38. The smallest absolute Gasteiger partial charge is 0.0402 e. The van der Waals surface area contributed by atoms with E-state index in [1.807, 2.05) is 0 Å². The van der Waals surface area contributed by atoms with Crippen LogP contribution in [0.25, 0.3) is 0 Å². The normalized spacial score (nSPS) is 16.9. The van der Waals surface area contributed by atoms with Crippen molar-refractivity contribution in [1.82, 2.24) is 0 Å². The molecule has 0 saturated carbocycles. The van der Waals surface area contributed by atoms with Gasteiger partial charge in [-0.1, -0.05) is 24.6 Å². The van der Waals surface area contributed by atoms with E-state index >= 15 is 0 Å². The lowest BCUT2D eigenvalue weighted by Gasteiger charge is -2.26. The molecule has 0 N–H and O–H groups in total. The number of nitrogens with zero attached hydrogens (tertiary/aromatic N) is 1. The highest BCUT2D eigenvalue weighted by Crippen LogP contribution is 2.30. The summed E-state index contributed by atoms with van der Waals surface area (Å²) in [4.78, 5) is 2.54. The molecule has 1 unspecified atom stereocenters. The van der Waals surface area contributed by atoms with Crippen molar-refractivity contribution in [1.29, 1.82) is 0 Å². The summed E-state index contributed by atoms with van der Waals surface area (Å²) in [5.41, 5.74) is 4.38. The minimum atomic E-state index is 0.680. The Morgan fingerprint density at radius 1 is 1.43 bits per heavy atom. The first-order valence-corrected chi connectivity index (χ1v) is 5.58. The third kappa shape index (κ3) is 1.52. The largest absolute Gasteiger partial charge is 0.368 e. The minimum absolute atomic E-state index is 0.680. The molecule has 1 aromatic rings. The van der Waals surface area contributed by atoms with Crippen molar-refractivity contribution in [2.75, 3.05) is 11.4 Å². The second kappa shape index (κ2) is 3.64. The van der Waals surface area contributed by atoms with E-state index < -0.39 is 0 Å². The molecule has 1 aromatic carbocycles. The summed E-state index contributed by atoms with van der Waals surface area (Å²) in [6.45, 7) is 7.95. The molecule has 0 aromatic heterocycles. The molecule has 0 fully saturated rings. The van der Waals surface area contributed by atoms with Crippen LogP contribution >= 0.6 is 0 Å². The molecule has 1 atom stereocenters. The Hall–Kier alpha value is -0.980. The van der Waals surface area contributed by atoms with Crippen LogP contribution in [0.2, 0.25) is 0 Å². The molecule has 1 nitrogen and oxygen atoms in total. The number of fused-ring (bicyclic) bond motifs is 1. The van der Waals surface area contributed by atoms with E-state index in [9.17, 15) is 0 Å². The third-order valence-electron chi connectivity index (χ3n) is 3.29. The van der Waals surface area contributed by atoms with Crippen LogP contribution in [0.5, 0.6) is 0 Å². The van der Waals surface area contributed by atoms with Gasteiger partial charge in [0.1, 0.15) is 0 Å². The average molecular weight is 189 g/mol. The SMILES string of the molecule is CCC(C)N1CCc2cc(C)ccc21. The van der Waals surface area contributed by atoms with Crippen LogP contribution in [-0.4, -0.2) is 12.6 Å². The second-order valence-corrected chi connectivity index (χ2v) is 4.33. The van der Waals surface area contributed by atoms with E-state index in [2.05, 4.69) is 43.9 Å². The van der Waals surface area contributed by atoms with Gasteiger partial charge in [-0.3, -0.25) is 0 Å². The Labute approximate surface area is 86.7 Å². The van der Waals surface area contributed by atoms with Crippen LogP contribution < -0.4 is 4.90 Å². The highest BCUT2D eigenvalue weighted by molar-refractivity contribution is 5.59. The number of aryl methyl sites for hydroxylation is 1. The number of hydrogen-bond acceptors (Lipinski definition) is 1. The molecular weight excluding hydrogens is 170 g/mol. The fourth-order valence-electron chi connectivity index (χ4n) is 2.23. The van der Waals surface area contributed by atoms with Gasteiger partial charge in [0, 0.05) is 18.3 Å². The zero-order chi connectivity index (χ0) is 10.1. The van der Waals surface area contributed by atoms with Gasteiger partial charge in [0.05, 0.1) is 0 Å². The van der Waals surface area contributed by atoms with E-state index in [-0.39, 0.29) is 0 Å². The van der Waals surface area contributed by atoms with Gasteiger partial charge in [0.2, 0.25) is 0 Å². The van der Waals surface area contributed by atoms with E-state index in [0.29, 0.717) is 6.04 Å². The van der Waals surface area contributed by atoms with Crippen LogP contribution in [0.1, 0.15) is 31.4 Å². The van der Waals surface area contributed by atoms with Crippen LogP contribution in [0.3, 0.4) is 0 Å². The van der Waals surface area contributed by atoms with E-state index in [1.54, 1.807) is 0 Å². The molecule has 2 rings (SSSR count). The van der Waals surface area contributed by atoms with Gasteiger partial charge in [0.15, 0.2) is 0 Å². The molecule has 0 spiro atoms. The van der Waals surface area contributed by atoms with Crippen molar-refractivity contribution in [3.63, 3.8) is 0 Å². The summed E-state index contributed by atoms with van der Waals surface area (Å²) < 4.78 is 0. The maximum atomic E-state index is 2.54. The first kappa shape index (κ1) is 9.57. The van der Waals surface area contributed by atoms with Gasteiger partial charge in [-0.2, -0.15) is 0 Å². The zero-order valence-electron chi connectivity index (χ0n) is 9.38. The van der Waals surface area contributed by atoms with Crippen molar-refractivity contribution in [3.8, 4) is 0 Å². The Morgan fingerprint density at radius 2 is 2.21 bits per heavy atom. The second-order valence-electron chi connectivity index (χ2n) is 4.33. The monoisotopic (exact) mass is 189 g/mol. The molecule has 1 aliphatic rings. The summed E-state index contributed by atoms with van der Waals surface area (Å²) in [6.07, 6.45) is 2.45. The molecule has 1 heteroatoms. The van der Waals surface area contributed by atoms with E-state index in [1.165, 1.54) is 36.2 Å². The predicted octanol–water partition coefficient (Wildman–Crippen LogP) is 3.16. The van der Waals surface area contributed by atoms with Crippen LogP contribution in [0.4, 0.5) is 5.69 Å². The van der Waals surface area contributed by atoms with Gasteiger partial charge in [-0.05, 0) is 38.3 Å². The van der Waals surface area contributed by atoms with Crippen molar-refractivity contribution >= 4 is 5.69 Å². The number of hydrogen-bond donors (Lipinski definition) is 0. The van der Waals surface area contributed by atoms with Crippen LogP contribution in [0.15, 0.2) is 18.2 Å². The molecule has 0 radical (unpaired) electrons. The van der Waals surface area contributed by atoms with Gasteiger partial charge in [0.25, 0.3) is 0 Å². The van der Waals surface area contributed by atoms with Crippen molar-refractivity contribution in [3.05, 3.63) is 29.3 Å². The molecular formula is C13H19N. The Morgan fingerprint density at radius 3 is 2.93 bits per heavy atom. The van der Waals surface area contributed by atoms with Crippen LogP contribution in [0, 0.1) is 6.92 Å². The van der Waals surface area contributed by atoms with Gasteiger partial charge < -0.3 is 4.90 Å². The lowest BCUT2D eigenvalue weighted by Crippen LogP contribution is -2.30. The van der Waals surface area contributed by atoms with Gasteiger partial charge in [-0.15, -0.1) is 0 Å².